The molecule has 0 unspecified atom stereocenters. The van der Waals surface area contributed by atoms with Crippen LogP contribution in [0.5, 0.6) is 0 Å². The molecule has 5 nitrogen and oxygen atoms in total. The number of furan rings is 1. The van der Waals surface area contributed by atoms with Gasteiger partial charge in [0.1, 0.15) is 11.1 Å². The van der Waals surface area contributed by atoms with Crippen LogP contribution < -0.4 is 3.79 Å². The summed E-state index contributed by atoms with van der Waals surface area (Å²) in [6.45, 7) is 0. The molecule has 0 atom stereocenters. The fourth-order valence-electron chi connectivity index (χ4n) is 6.69. The van der Waals surface area contributed by atoms with Crippen LogP contribution in [0.1, 0.15) is 0 Å². The van der Waals surface area contributed by atoms with E-state index in [-0.39, 0.29) is 0 Å². The van der Waals surface area contributed by atoms with Gasteiger partial charge in [-0.2, -0.15) is 0 Å². The van der Waals surface area contributed by atoms with Crippen LogP contribution >= 0.6 is 11.5 Å². The standard InChI is InChI=1S/C37H21N4OS/c1-2-12-22(13-3-1)35-38-37(39-36-27-18-8-11-21-30(27)43-41(35)36)40-28-19-9-6-16-25(28)31-23-14-4-5-15-24(23)32-26-17-7-10-20-29(26)42-34(32)33(31)40/h1-21H/q+1. The summed E-state index contributed by atoms with van der Waals surface area (Å²) in [5, 5.41) is 7.98. The molecule has 6 aromatic carbocycles. The van der Waals surface area contributed by atoms with E-state index in [1.807, 2.05) is 18.2 Å². The number of hydrogen-bond acceptors (Lipinski definition) is 4. The number of nitrogens with zero attached hydrogens (tertiary/aromatic N) is 4. The molecule has 0 bridgehead atoms. The highest BCUT2D eigenvalue weighted by Crippen LogP contribution is 2.45. The molecule has 4 aromatic heterocycles. The lowest BCUT2D eigenvalue weighted by Crippen LogP contribution is -2.24. The molecule has 6 heteroatoms. The highest BCUT2D eigenvalue weighted by molar-refractivity contribution is 7.10. The van der Waals surface area contributed by atoms with E-state index in [1.54, 1.807) is 11.5 Å². The maximum atomic E-state index is 6.74. The molecule has 0 N–H and O–H groups in total. The highest BCUT2D eigenvalue weighted by atomic mass is 32.1. The van der Waals surface area contributed by atoms with E-state index in [0.29, 0.717) is 5.95 Å². The van der Waals surface area contributed by atoms with E-state index in [4.69, 9.17) is 14.4 Å². The summed E-state index contributed by atoms with van der Waals surface area (Å²) < 4.78 is 12.3. The van der Waals surface area contributed by atoms with E-state index < -0.39 is 0 Å². The molecule has 0 aliphatic heterocycles. The van der Waals surface area contributed by atoms with Crippen molar-refractivity contribution in [1.29, 1.82) is 0 Å². The first-order chi connectivity index (χ1) is 21.3. The monoisotopic (exact) mass is 569 g/mol. The number of fused-ring (bicyclic) bond motifs is 13. The van der Waals surface area contributed by atoms with Crippen molar-refractivity contribution < 1.29 is 8.21 Å². The number of hydrogen-bond donors (Lipinski definition) is 0. The van der Waals surface area contributed by atoms with Gasteiger partial charge in [-0.05, 0) is 57.1 Å². The van der Waals surface area contributed by atoms with E-state index >= 15 is 0 Å². The lowest BCUT2D eigenvalue weighted by molar-refractivity contribution is -0.424. The average molecular weight is 570 g/mol. The molecule has 10 rings (SSSR count). The van der Waals surface area contributed by atoms with Gasteiger partial charge in [0, 0.05) is 33.1 Å². The predicted octanol–water partition coefficient (Wildman–Crippen LogP) is 9.25. The first-order valence-corrected chi connectivity index (χ1v) is 15.1. The molecule has 0 amide bonds. The molecule has 0 aliphatic rings. The van der Waals surface area contributed by atoms with Crippen molar-refractivity contribution in [2.45, 2.75) is 0 Å². The minimum Gasteiger partial charge on any atom is -0.454 e. The van der Waals surface area contributed by atoms with Gasteiger partial charge in [-0.25, -0.2) is 4.57 Å². The van der Waals surface area contributed by atoms with Crippen LogP contribution in [0.15, 0.2) is 132 Å². The fraction of sp³-hybridized carbons (Fsp3) is 0. The molecule has 4 heterocycles. The third kappa shape index (κ3) is 3.07. The van der Waals surface area contributed by atoms with Crippen LogP contribution in [-0.2, 0) is 0 Å². The van der Waals surface area contributed by atoms with E-state index in [1.165, 1.54) is 15.5 Å². The molecule has 0 saturated heterocycles. The van der Waals surface area contributed by atoms with Crippen LogP contribution in [0.25, 0.3) is 87.6 Å². The second-order valence-corrected chi connectivity index (χ2v) is 11.8. The molecular weight excluding hydrogens is 549 g/mol. The lowest BCUT2D eigenvalue weighted by atomic mass is 9.99. The minimum absolute atomic E-state index is 0.616. The molecular formula is C37H21N4OS+. The van der Waals surface area contributed by atoms with Crippen molar-refractivity contribution >= 4 is 81.8 Å². The number of rotatable bonds is 2. The fourth-order valence-corrected chi connectivity index (χ4v) is 7.75. The van der Waals surface area contributed by atoms with Gasteiger partial charge in [-0.1, -0.05) is 91.0 Å². The Morgan fingerprint density at radius 2 is 1.23 bits per heavy atom. The Labute approximate surface area is 248 Å². The summed E-state index contributed by atoms with van der Waals surface area (Å²) in [6, 6.07) is 44.3. The predicted molar refractivity (Wildman–Crippen MR) is 175 cm³/mol. The second kappa shape index (κ2) is 8.47. The Morgan fingerprint density at radius 1 is 0.581 bits per heavy atom. The zero-order valence-corrected chi connectivity index (χ0v) is 23.5. The van der Waals surface area contributed by atoms with Gasteiger partial charge in [0.25, 0.3) is 11.5 Å². The number of para-hydroxylation sites is 2. The average Bonchev–Trinajstić information content (AvgIpc) is 3.75. The zero-order chi connectivity index (χ0) is 28.1. The van der Waals surface area contributed by atoms with Gasteiger partial charge < -0.3 is 4.42 Å². The molecule has 43 heavy (non-hydrogen) atoms. The van der Waals surface area contributed by atoms with Crippen molar-refractivity contribution in [1.82, 2.24) is 14.5 Å². The zero-order valence-electron chi connectivity index (χ0n) is 22.7. The van der Waals surface area contributed by atoms with Crippen molar-refractivity contribution in [3.63, 3.8) is 0 Å². The Kier molecular flexibility index (Phi) is 4.54. The topological polar surface area (TPSA) is 48.0 Å². The largest absolute Gasteiger partial charge is 0.454 e. The molecule has 200 valence electrons. The SMILES string of the molecule is c1ccc(-c2nc(-n3c4ccccc4c4c5ccccc5c5c6ccccc6oc5c43)nc3c4ccccc4s[n+]23)cc1. The smallest absolute Gasteiger partial charge is 0.387 e. The lowest BCUT2D eigenvalue weighted by Gasteiger charge is -2.06. The van der Waals surface area contributed by atoms with Crippen LogP contribution in [0.4, 0.5) is 0 Å². The molecule has 10 aromatic rings. The first-order valence-electron chi connectivity index (χ1n) is 14.3. The number of benzene rings is 6. The Balaban J connectivity index is 1.46. The van der Waals surface area contributed by atoms with Crippen LogP contribution in [-0.4, -0.2) is 14.5 Å². The third-order valence-electron chi connectivity index (χ3n) is 8.50. The molecule has 0 saturated carbocycles. The van der Waals surface area contributed by atoms with Gasteiger partial charge in [0.2, 0.25) is 0 Å². The molecule has 0 fully saturated rings. The molecule has 0 radical (unpaired) electrons. The van der Waals surface area contributed by atoms with E-state index in [0.717, 1.165) is 66.2 Å². The quantitative estimate of drug-likeness (QED) is 0.195. The van der Waals surface area contributed by atoms with Gasteiger partial charge in [-0.15, -0.1) is 3.79 Å². The van der Waals surface area contributed by atoms with Crippen LogP contribution in [0, 0.1) is 0 Å². The van der Waals surface area contributed by atoms with Gasteiger partial charge >= 0.3 is 5.95 Å². The third-order valence-corrected chi connectivity index (χ3v) is 9.58. The van der Waals surface area contributed by atoms with E-state index in [2.05, 4.69) is 118 Å². The van der Waals surface area contributed by atoms with Crippen molar-refractivity contribution in [2.24, 2.45) is 0 Å². The van der Waals surface area contributed by atoms with Crippen molar-refractivity contribution in [3.05, 3.63) is 127 Å². The summed E-state index contributed by atoms with van der Waals surface area (Å²) in [4.78, 5) is 10.7. The van der Waals surface area contributed by atoms with E-state index in [9.17, 15) is 0 Å². The maximum absolute atomic E-state index is 6.74. The normalized spacial score (nSPS) is 12.2. The Bertz CT molecular complexity index is 2740. The minimum atomic E-state index is 0.616. The summed E-state index contributed by atoms with van der Waals surface area (Å²) in [7, 11) is 0. The summed E-state index contributed by atoms with van der Waals surface area (Å²) in [5.41, 5.74) is 5.66. The summed E-state index contributed by atoms with van der Waals surface area (Å²) >= 11 is 1.67. The highest BCUT2D eigenvalue weighted by Gasteiger charge is 2.29. The second-order valence-electron chi connectivity index (χ2n) is 10.8. The first kappa shape index (κ1) is 23.0. The Morgan fingerprint density at radius 3 is 2.07 bits per heavy atom. The summed E-state index contributed by atoms with van der Waals surface area (Å²) in [6.07, 6.45) is 0. The van der Waals surface area contributed by atoms with Gasteiger partial charge in [-0.3, -0.25) is 0 Å². The van der Waals surface area contributed by atoms with Gasteiger partial charge in [0.15, 0.2) is 5.58 Å². The Hall–Kier alpha value is -5.59. The molecule has 0 spiro atoms. The maximum Gasteiger partial charge on any atom is 0.387 e. The summed E-state index contributed by atoms with van der Waals surface area (Å²) in [5.74, 6) is 1.47. The van der Waals surface area contributed by atoms with Crippen LogP contribution in [0.2, 0.25) is 0 Å². The van der Waals surface area contributed by atoms with Crippen molar-refractivity contribution in [2.75, 3.05) is 0 Å². The van der Waals surface area contributed by atoms with Crippen LogP contribution in [0.3, 0.4) is 0 Å². The number of aromatic nitrogens is 4. The van der Waals surface area contributed by atoms with Crippen molar-refractivity contribution in [3.8, 4) is 17.3 Å². The molecule has 0 aliphatic carbocycles. The van der Waals surface area contributed by atoms with Gasteiger partial charge in [0.05, 0.1) is 21.2 Å².